The van der Waals surface area contributed by atoms with Gasteiger partial charge in [0.25, 0.3) is 0 Å². The van der Waals surface area contributed by atoms with Gasteiger partial charge in [0.2, 0.25) is 0 Å². The Bertz CT molecular complexity index is 392. The molecule has 3 nitrogen and oxygen atoms in total. The van der Waals surface area contributed by atoms with Gasteiger partial charge in [-0.25, -0.2) is 4.98 Å². The summed E-state index contributed by atoms with van der Waals surface area (Å²) in [6, 6.07) is 4.02. The van der Waals surface area contributed by atoms with Crippen molar-refractivity contribution in [2.45, 2.75) is 19.9 Å². The van der Waals surface area contributed by atoms with Crippen LogP contribution in [0.25, 0.3) is 0 Å². The molecule has 0 aliphatic carbocycles. The molecule has 0 saturated carbocycles. The van der Waals surface area contributed by atoms with Gasteiger partial charge in [-0.05, 0) is 18.1 Å². The van der Waals surface area contributed by atoms with Crippen LogP contribution in [0.5, 0.6) is 0 Å². The van der Waals surface area contributed by atoms with Crippen LogP contribution in [-0.2, 0) is 13.0 Å². The summed E-state index contributed by atoms with van der Waals surface area (Å²) in [6.07, 6.45) is 8.60. The van der Waals surface area contributed by atoms with E-state index in [1.807, 2.05) is 18.6 Å². The molecule has 0 aliphatic heterocycles. The van der Waals surface area contributed by atoms with E-state index in [1.165, 1.54) is 5.56 Å². The van der Waals surface area contributed by atoms with E-state index in [0.717, 1.165) is 18.7 Å². The molecule has 3 heteroatoms. The van der Waals surface area contributed by atoms with Crippen LogP contribution in [-0.4, -0.2) is 14.5 Å². The maximum Gasteiger partial charge on any atom is 0.0952 e. The van der Waals surface area contributed by atoms with Gasteiger partial charge in [-0.15, -0.1) is 0 Å². The Labute approximate surface area is 83.4 Å². The second kappa shape index (κ2) is 4.05. The molecule has 0 aliphatic rings. The van der Waals surface area contributed by atoms with E-state index >= 15 is 0 Å². The number of imidazole rings is 1. The number of rotatable bonds is 3. The van der Waals surface area contributed by atoms with E-state index in [9.17, 15) is 0 Å². The SMILES string of the molecule is CCc1cn(Cc2cccnc2)cn1. The highest BCUT2D eigenvalue weighted by Gasteiger charge is 1.97. The van der Waals surface area contributed by atoms with Crippen molar-refractivity contribution in [2.75, 3.05) is 0 Å². The van der Waals surface area contributed by atoms with Crippen LogP contribution in [0.3, 0.4) is 0 Å². The van der Waals surface area contributed by atoms with E-state index in [1.54, 1.807) is 6.20 Å². The minimum absolute atomic E-state index is 0.848. The minimum Gasteiger partial charge on any atom is -0.333 e. The first kappa shape index (κ1) is 8.94. The molecule has 0 amide bonds. The van der Waals surface area contributed by atoms with Gasteiger partial charge < -0.3 is 4.57 Å². The average Bonchev–Trinajstić information content (AvgIpc) is 2.67. The lowest BCUT2D eigenvalue weighted by Gasteiger charge is -2.00. The number of hydrogen-bond acceptors (Lipinski definition) is 2. The number of aromatic nitrogens is 3. The summed E-state index contributed by atoms with van der Waals surface area (Å²) < 4.78 is 2.08. The highest BCUT2D eigenvalue weighted by Crippen LogP contribution is 2.02. The third-order valence-electron chi connectivity index (χ3n) is 2.14. The van der Waals surface area contributed by atoms with Crippen molar-refractivity contribution in [2.24, 2.45) is 0 Å². The first-order chi connectivity index (χ1) is 6.88. The summed E-state index contributed by atoms with van der Waals surface area (Å²) in [7, 11) is 0. The second-order valence-corrected chi connectivity index (χ2v) is 3.25. The molecule has 0 bridgehead atoms. The van der Waals surface area contributed by atoms with Crippen LogP contribution in [0.15, 0.2) is 37.1 Å². The summed E-state index contributed by atoms with van der Waals surface area (Å²) in [4.78, 5) is 8.35. The molecule has 0 N–H and O–H groups in total. The van der Waals surface area contributed by atoms with Crippen molar-refractivity contribution >= 4 is 0 Å². The summed E-state index contributed by atoms with van der Waals surface area (Å²) in [5.41, 5.74) is 2.33. The van der Waals surface area contributed by atoms with Crippen molar-refractivity contribution < 1.29 is 0 Å². The van der Waals surface area contributed by atoms with Crippen LogP contribution in [0.4, 0.5) is 0 Å². The number of hydrogen-bond donors (Lipinski definition) is 0. The molecule has 72 valence electrons. The lowest BCUT2D eigenvalue weighted by atomic mass is 10.3. The average molecular weight is 187 g/mol. The Hall–Kier alpha value is -1.64. The van der Waals surface area contributed by atoms with Crippen molar-refractivity contribution in [3.63, 3.8) is 0 Å². The molecule has 0 unspecified atom stereocenters. The van der Waals surface area contributed by atoms with Gasteiger partial charge in [0.15, 0.2) is 0 Å². The van der Waals surface area contributed by atoms with Gasteiger partial charge in [0.05, 0.1) is 18.6 Å². The van der Waals surface area contributed by atoms with Gasteiger partial charge in [0.1, 0.15) is 0 Å². The molecule has 14 heavy (non-hydrogen) atoms. The fourth-order valence-electron chi connectivity index (χ4n) is 1.38. The highest BCUT2D eigenvalue weighted by atomic mass is 15.0. The second-order valence-electron chi connectivity index (χ2n) is 3.25. The van der Waals surface area contributed by atoms with E-state index in [0.29, 0.717) is 0 Å². The summed E-state index contributed by atoms with van der Waals surface area (Å²) >= 11 is 0. The zero-order valence-electron chi connectivity index (χ0n) is 8.22. The number of nitrogens with zero attached hydrogens (tertiary/aromatic N) is 3. The summed E-state index contributed by atoms with van der Waals surface area (Å²) in [5, 5.41) is 0. The van der Waals surface area contributed by atoms with Gasteiger partial charge >= 0.3 is 0 Å². The van der Waals surface area contributed by atoms with Gasteiger partial charge in [-0.3, -0.25) is 4.98 Å². The largest absolute Gasteiger partial charge is 0.333 e. The van der Waals surface area contributed by atoms with Crippen LogP contribution in [0.2, 0.25) is 0 Å². The Morgan fingerprint density at radius 3 is 3.00 bits per heavy atom. The van der Waals surface area contributed by atoms with Gasteiger partial charge in [-0.2, -0.15) is 0 Å². The first-order valence-electron chi connectivity index (χ1n) is 4.78. The predicted molar refractivity (Wildman–Crippen MR) is 54.9 cm³/mol. The number of pyridine rings is 1. The highest BCUT2D eigenvalue weighted by molar-refractivity contribution is 5.10. The molecule has 0 atom stereocenters. The third-order valence-corrected chi connectivity index (χ3v) is 2.14. The fourth-order valence-corrected chi connectivity index (χ4v) is 1.38. The van der Waals surface area contributed by atoms with Crippen molar-refractivity contribution in [1.82, 2.24) is 14.5 Å². The minimum atomic E-state index is 0.848. The molecular formula is C11H13N3. The summed E-state index contributed by atoms with van der Waals surface area (Å²) in [6.45, 7) is 2.96. The van der Waals surface area contributed by atoms with Crippen LogP contribution in [0, 0.1) is 0 Å². The maximum absolute atomic E-state index is 4.27. The van der Waals surface area contributed by atoms with Crippen LogP contribution in [0.1, 0.15) is 18.2 Å². The molecule has 2 heterocycles. The molecule has 0 spiro atoms. The molecule has 0 saturated heterocycles. The third kappa shape index (κ3) is 1.99. The van der Waals surface area contributed by atoms with Crippen molar-refractivity contribution in [1.29, 1.82) is 0 Å². The van der Waals surface area contributed by atoms with E-state index < -0.39 is 0 Å². The lowest BCUT2D eigenvalue weighted by molar-refractivity contribution is 0.792. The monoisotopic (exact) mass is 187 g/mol. The summed E-state index contributed by atoms with van der Waals surface area (Å²) in [5.74, 6) is 0. The van der Waals surface area contributed by atoms with Gasteiger partial charge in [0, 0.05) is 18.6 Å². The van der Waals surface area contributed by atoms with E-state index in [-0.39, 0.29) is 0 Å². The van der Waals surface area contributed by atoms with Crippen molar-refractivity contribution in [3.8, 4) is 0 Å². The lowest BCUT2D eigenvalue weighted by Crippen LogP contribution is -1.96. The molecule has 0 radical (unpaired) electrons. The van der Waals surface area contributed by atoms with Crippen LogP contribution >= 0.6 is 0 Å². The van der Waals surface area contributed by atoms with Gasteiger partial charge in [-0.1, -0.05) is 13.0 Å². The van der Waals surface area contributed by atoms with Crippen LogP contribution < -0.4 is 0 Å². The Morgan fingerprint density at radius 1 is 1.43 bits per heavy atom. The van der Waals surface area contributed by atoms with E-state index in [2.05, 4.69) is 33.7 Å². The first-order valence-corrected chi connectivity index (χ1v) is 4.78. The molecule has 2 aromatic rings. The molecular weight excluding hydrogens is 174 g/mol. The predicted octanol–water partition coefficient (Wildman–Crippen LogP) is 1.89. The topological polar surface area (TPSA) is 30.7 Å². The smallest absolute Gasteiger partial charge is 0.0952 e. The molecule has 0 aromatic carbocycles. The van der Waals surface area contributed by atoms with E-state index in [4.69, 9.17) is 0 Å². The molecule has 0 fully saturated rings. The Kier molecular flexibility index (Phi) is 2.58. The fraction of sp³-hybridized carbons (Fsp3) is 0.273. The Balaban J connectivity index is 2.11. The van der Waals surface area contributed by atoms with Crippen molar-refractivity contribution in [3.05, 3.63) is 48.3 Å². The molecule has 2 rings (SSSR count). The normalized spacial score (nSPS) is 10.4. The standard InChI is InChI=1S/C11H13N3/c1-2-11-8-14(9-13-11)7-10-4-3-5-12-6-10/h3-6,8-9H,2,7H2,1H3. The molecule has 2 aromatic heterocycles. The maximum atomic E-state index is 4.27. The zero-order chi connectivity index (χ0) is 9.80. The number of aryl methyl sites for hydroxylation is 1. The zero-order valence-corrected chi connectivity index (χ0v) is 8.22. The quantitative estimate of drug-likeness (QED) is 0.734. The Morgan fingerprint density at radius 2 is 2.36 bits per heavy atom.